The molecule has 0 amide bonds. The fraction of sp³-hybridized carbons (Fsp3) is 0.250. The Bertz CT molecular complexity index is 562. The van der Waals surface area contributed by atoms with Gasteiger partial charge in [-0.2, -0.15) is 0 Å². The molecule has 0 aliphatic carbocycles. The number of nitrogens with zero attached hydrogens (tertiary/aromatic N) is 1. The Hall–Kier alpha value is -1.68. The zero-order valence-electron chi connectivity index (χ0n) is 11.9. The highest BCUT2D eigenvalue weighted by Crippen LogP contribution is 2.28. The second-order valence-electron chi connectivity index (χ2n) is 4.58. The largest absolute Gasteiger partial charge is 0.399 e. The van der Waals surface area contributed by atoms with Crippen LogP contribution >= 0.6 is 15.9 Å². The van der Waals surface area contributed by atoms with E-state index in [4.69, 9.17) is 5.73 Å². The third-order valence-corrected chi connectivity index (χ3v) is 3.92. The minimum atomic E-state index is 0.749. The lowest BCUT2D eigenvalue weighted by atomic mass is 10.2. The second kappa shape index (κ2) is 6.66. The Morgan fingerprint density at radius 1 is 1.05 bits per heavy atom. The van der Waals surface area contributed by atoms with E-state index in [1.807, 2.05) is 18.2 Å². The van der Waals surface area contributed by atoms with E-state index >= 15 is 0 Å². The van der Waals surface area contributed by atoms with Crippen molar-refractivity contribution in [3.05, 3.63) is 46.9 Å². The summed E-state index contributed by atoms with van der Waals surface area (Å²) in [6.45, 7) is 6.38. The molecule has 2 rings (SSSR count). The molecule has 0 aliphatic heterocycles. The number of halogens is 1. The number of rotatable bonds is 5. The molecular weight excluding hydrogens is 314 g/mol. The minimum absolute atomic E-state index is 0.749. The van der Waals surface area contributed by atoms with Crippen molar-refractivity contribution in [2.45, 2.75) is 13.8 Å². The molecule has 2 aromatic carbocycles. The highest BCUT2D eigenvalue weighted by molar-refractivity contribution is 9.10. The van der Waals surface area contributed by atoms with Crippen LogP contribution in [0.15, 0.2) is 46.9 Å². The summed E-state index contributed by atoms with van der Waals surface area (Å²) >= 11 is 3.51. The SMILES string of the molecule is CCN(CC)c1ccc(Nc2ccc(N)cc2Br)cc1. The van der Waals surface area contributed by atoms with E-state index in [9.17, 15) is 0 Å². The second-order valence-corrected chi connectivity index (χ2v) is 5.44. The van der Waals surface area contributed by atoms with Crippen LogP contribution in [-0.2, 0) is 0 Å². The van der Waals surface area contributed by atoms with Gasteiger partial charge in [0.15, 0.2) is 0 Å². The monoisotopic (exact) mass is 333 g/mol. The van der Waals surface area contributed by atoms with Gasteiger partial charge < -0.3 is 16.0 Å². The van der Waals surface area contributed by atoms with E-state index in [-0.39, 0.29) is 0 Å². The Balaban J connectivity index is 2.14. The van der Waals surface area contributed by atoms with Crippen molar-refractivity contribution in [2.24, 2.45) is 0 Å². The normalized spacial score (nSPS) is 10.3. The average Bonchev–Trinajstić information content (AvgIpc) is 2.45. The van der Waals surface area contributed by atoms with E-state index in [2.05, 4.69) is 64.3 Å². The standard InChI is InChI=1S/C16H20BrN3/c1-3-20(4-2)14-8-6-13(7-9-14)19-16-10-5-12(18)11-15(16)17/h5-11,19H,3-4,18H2,1-2H3. The van der Waals surface area contributed by atoms with Gasteiger partial charge in [0.2, 0.25) is 0 Å². The van der Waals surface area contributed by atoms with Crippen molar-refractivity contribution in [1.82, 2.24) is 0 Å². The number of benzene rings is 2. The van der Waals surface area contributed by atoms with Crippen molar-refractivity contribution in [1.29, 1.82) is 0 Å². The summed E-state index contributed by atoms with van der Waals surface area (Å²) in [5.74, 6) is 0. The van der Waals surface area contributed by atoms with Crippen molar-refractivity contribution in [2.75, 3.05) is 29.0 Å². The third-order valence-electron chi connectivity index (χ3n) is 3.27. The van der Waals surface area contributed by atoms with Crippen LogP contribution in [0.1, 0.15) is 13.8 Å². The lowest BCUT2D eigenvalue weighted by Gasteiger charge is -2.21. The molecule has 3 nitrogen and oxygen atoms in total. The first-order valence-corrected chi connectivity index (χ1v) is 7.60. The molecule has 0 atom stereocenters. The quantitative estimate of drug-likeness (QED) is 0.784. The molecule has 0 bridgehead atoms. The van der Waals surface area contributed by atoms with Gasteiger partial charge in [0.1, 0.15) is 0 Å². The highest BCUT2D eigenvalue weighted by atomic mass is 79.9. The molecule has 0 radical (unpaired) electrons. The van der Waals surface area contributed by atoms with Gasteiger partial charge in [-0.05, 0) is 72.2 Å². The van der Waals surface area contributed by atoms with E-state index in [1.165, 1.54) is 5.69 Å². The van der Waals surface area contributed by atoms with Crippen LogP contribution in [-0.4, -0.2) is 13.1 Å². The Morgan fingerprint density at radius 2 is 1.70 bits per heavy atom. The smallest absolute Gasteiger partial charge is 0.0530 e. The zero-order chi connectivity index (χ0) is 14.5. The number of hydrogen-bond acceptors (Lipinski definition) is 3. The van der Waals surface area contributed by atoms with E-state index in [1.54, 1.807) is 0 Å². The number of anilines is 4. The summed E-state index contributed by atoms with van der Waals surface area (Å²) in [4.78, 5) is 2.32. The number of nitrogens with two attached hydrogens (primary N) is 1. The van der Waals surface area contributed by atoms with E-state index in [0.29, 0.717) is 0 Å². The molecule has 4 heteroatoms. The van der Waals surface area contributed by atoms with Gasteiger partial charge >= 0.3 is 0 Å². The molecular formula is C16H20BrN3. The molecule has 20 heavy (non-hydrogen) atoms. The molecule has 0 spiro atoms. The first-order chi connectivity index (χ1) is 9.63. The maximum absolute atomic E-state index is 5.74. The summed E-state index contributed by atoms with van der Waals surface area (Å²) in [5, 5.41) is 3.38. The van der Waals surface area contributed by atoms with E-state index in [0.717, 1.165) is 34.6 Å². The molecule has 0 heterocycles. The first kappa shape index (κ1) is 14.7. The van der Waals surface area contributed by atoms with Crippen LogP contribution < -0.4 is 16.0 Å². The average molecular weight is 334 g/mol. The Labute approximate surface area is 128 Å². The van der Waals surface area contributed by atoms with Crippen molar-refractivity contribution < 1.29 is 0 Å². The predicted octanol–water partition coefficient (Wildman–Crippen LogP) is 4.62. The maximum Gasteiger partial charge on any atom is 0.0530 e. The Kier molecular flexibility index (Phi) is 4.90. The lowest BCUT2D eigenvalue weighted by Crippen LogP contribution is -2.21. The molecule has 106 valence electrons. The van der Waals surface area contributed by atoms with Gasteiger partial charge in [0.05, 0.1) is 5.69 Å². The molecule has 3 N–H and O–H groups in total. The number of nitrogen functional groups attached to an aromatic ring is 1. The fourth-order valence-electron chi connectivity index (χ4n) is 2.13. The summed E-state index contributed by atoms with van der Waals surface area (Å²) < 4.78 is 0.963. The maximum atomic E-state index is 5.74. The van der Waals surface area contributed by atoms with Crippen LogP contribution in [0.25, 0.3) is 0 Å². The highest BCUT2D eigenvalue weighted by Gasteiger charge is 2.03. The van der Waals surface area contributed by atoms with Crippen LogP contribution in [0.2, 0.25) is 0 Å². The lowest BCUT2D eigenvalue weighted by molar-refractivity contribution is 0.866. The molecule has 0 aromatic heterocycles. The summed E-state index contributed by atoms with van der Waals surface area (Å²) in [5.41, 5.74) is 9.81. The summed E-state index contributed by atoms with van der Waals surface area (Å²) in [6, 6.07) is 14.2. The minimum Gasteiger partial charge on any atom is -0.399 e. The van der Waals surface area contributed by atoms with Crippen molar-refractivity contribution >= 4 is 38.7 Å². The summed E-state index contributed by atoms with van der Waals surface area (Å²) in [7, 11) is 0. The Morgan fingerprint density at radius 3 is 2.25 bits per heavy atom. The van der Waals surface area contributed by atoms with Crippen LogP contribution in [0, 0.1) is 0 Å². The van der Waals surface area contributed by atoms with Gasteiger partial charge in [0, 0.05) is 34.6 Å². The van der Waals surface area contributed by atoms with Gasteiger partial charge in [-0.1, -0.05) is 0 Å². The molecule has 0 saturated heterocycles. The molecule has 0 aliphatic rings. The van der Waals surface area contributed by atoms with Gasteiger partial charge in [-0.25, -0.2) is 0 Å². The van der Waals surface area contributed by atoms with Gasteiger partial charge in [-0.15, -0.1) is 0 Å². The third kappa shape index (κ3) is 3.45. The fourth-order valence-corrected chi connectivity index (χ4v) is 2.63. The van der Waals surface area contributed by atoms with Crippen LogP contribution in [0.3, 0.4) is 0 Å². The zero-order valence-corrected chi connectivity index (χ0v) is 13.4. The molecule has 2 aromatic rings. The number of hydrogen-bond donors (Lipinski definition) is 2. The predicted molar refractivity (Wildman–Crippen MR) is 91.8 cm³/mol. The van der Waals surface area contributed by atoms with E-state index < -0.39 is 0 Å². The van der Waals surface area contributed by atoms with Crippen LogP contribution in [0.4, 0.5) is 22.7 Å². The van der Waals surface area contributed by atoms with Gasteiger partial charge in [0.25, 0.3) is 0 Å². The van der Waals surface area contributed by atoms with Crippen molar-refractivity contribution in [3.63, 3.8) is 0 Å². The molecule has 0 saturated carbocycles. The van der Waals surface area contributed by atoms with Gasteiger partial charge in [-0.3, -0.25) is 0 Å². The molecule has 0 unspecified atom stereocenters. The first-order valence-electron chi connectivity index (χ1n) is 6.81. The number of nitrogens with one attached hydrogen (secondary N) is 1. The van der Waals surface area contributed by atoms with Crippen molar-refractivity contribution in [3.8, 4) is 0 Å². The topological polar surface area (TPSA) is 41.3 Å². The summed E-state index contributed by atoms with van der Waals surface area (Å²) in [6.07, 6.45) is 0. The van der Waals surface area contributed by atoms with Crippen LogP contribution in [0.5, 0.6) is 0 Å². The molecule has 0 fully saturated rings.